The maximum absolute atomic E-state index is 6.06. The van der Waals surface area contributed by atoms with Crippen molar-refractivity contribution in [1.29, 1.82) is 0 Å². The molecule has 0 fully saturated rings. The van der Waals surface area contributed by atoms with E-state index in [9.17, 15) is 0 Å². The van der Waals surface area contributed by atoms with Crippen LogP contribution >= 0.6 is 0 Å². The second-order valence-corrected chi connectivity index (χ2v) is 4.77. The molecule has 3 N–H and O–H groups in total. The van der Waals surface area contributed by atoms with Crippen LogP contribution in [0.5, 0.6) is 0 Å². The van der Waals surface area contributed by atoms with Crippen molar-refractivity contribution >= 4 is 11.5 Å². The number of nitrogens with two attached hydrogens (primary N) is 1. The largest absolute Gasteiger partial charge is 0.394 e. The third kappa shape index (κ3) is 2.54. The molecule has 0 aliphatic rings. The molecule has 0 aliphatic carbocycles. The smallest absolute Gasteiger partial charge is 0.152 e. The zero-order chi connectivity index (χ0) is 14.0. The first-order valence-corrected chi connectivity index (χ1v) is 6.49. The Morgan fingerprint density at radius 1 is 1.42 bits per heavy atom. The quantitative estimate of drug-likeness (QED) is 0.855. The van der Waals surface area contributed by atoms with Gasteiger partial charge in [-0.3, -0.25) is 0 Å². The van der Waals surface area contributed by atoms with Crippen LogP contribution in [-0.4, -0.2) is 24.5 Å². The van der Waals surface area contributed by atoms with Crippen molar-refractivity contribution in [1.82, 2.24) is 24.5 Å². The minimum absolute atomic E-state index is 0.252. The van der Waals surface area contributed by atoms with Gasteiger partial charge in [-0.05, 0) is 27.7 Å². The maximum atomic E-state index is 6.06. The van der Waals surface area contributed by atoms with Crippen LogP contribution in [0.1, 0.15) is 38.3 Å². The van der Waals surface area contributed by atoms with Gasteiger partial charge in [0.2, 0.25) is 0 Å². The number of aromatic nitrogens is 5. The highest BCUT2D eigenvalue weighted by atomic mass is 15.4. The number of anilines is 2. The van der Waals surface area contributed by atoms with Gasteiger partial charge in [0.25, 0.3) is 0 Å². The normalized spacial score (nSPS) is 11.2. The molecule has 7 heteroatoms. The van der Waals surface area contributed by atoms with Crippen molar-refractivity contribution in [3.8, 4) is 0 Å². The van der Waals surface area contributed by atoms with Crippen LogP contribution in [0, 0.1) is 6.92 Å². The summed E-state index contributed by atoms with van der Waals surface area (Å²) in [6.07, 6.45) is 1.73. The highest BCUT2D eigenvalue weighted by Gasteiger charge is 2.15. The molecule has 0 spiro atoms. The van der Waals surface area contributed by atoms with Gasteiger partial charge in [-0.25, -0.2) is 4.68 Å². The van der Waals surface area contributed by atoms with Crippen LogP contribution in [0.25, 0.3) is 0 Å². The predicted molar refractivity (Wildman–Crippen MR) is 74.8 cm³/mol. The van der Waals surface area contributed by atoms with Gasteiger partial charge in [0, 0.05) is 12.6 Å². The predicted octanol–water partition coefficient (Wildman–Crippen LogP) is 1.58. The van der Waals surface area contributed by atoms with E-state index < -0.39 is 0 Å². The monoisotopic (exact) mass is 263 g/mol. The Labute approximate surface area is 112 Å². The number of rotatable bonds is 5. The average molecular weight is 263 g/mol. The average Bonchev–Trinajstić information content (AvgIpc) is 2.93. The number of nitrogens with zero attached hydrogens (tertiary/aromatic N) is 5. The van der Waals surface area contributed by atoms with Gasteiger partial charge in [-0.2, -0.15) is 5.10 Å². The third-order valence-corrected chi connectivity index (χ3v) is 3.07. The summed E-state index contributed by atoms with van der Waals surface area (Å²) in [4.78, 5) is 0. The van der Waals surface area contributed by atoms with E-state index in [1.54, 1.807) is 6.33 Å². The van der Waals surface area contributed by atoms with E-state index in [0.717, 1.165) is 23.9 Å². The molecule has 104 valence electrons. The first-order valence-electron chi connectivity index (χ1n) is 6.49. The van der Waals surface area contributed by atoms with Crippen LogP contribution in [0.15, 0.2) is 6.33 Å². The van der Waals surface area contributed by atoms with Crippen LogP contribution in [-0.2, 0) is 13.1 Å². The summed E-state index contributed by atoms with van der Waals surface area (Å²) in [5.41, 5.74) is 7.59. The number of nitrogens with one attached hydrogen (secondary N) is 1. The Bertz CT molecular complexity index is 552. The molecule has 0 radical (unpaired) electrons. The van der Waals surface area contributed by atoms with E-state index in [1.165, 1.54) is 0 Å². The number of hydrogen-bond donors (Lipinski definition) is 2. The Hall–Kier alpha value is -2.05. The minimum Gasteiger partial charge on any atom is -0.394 e. The maximum Gasteiger partial charge on any atom is 0.152 e. The molecule has 7 nitrogen and oxygen atoms in total. The van der Waals surface area contributed by atoms with Crippen molar-refractivity contribution in [2.45, 2.75) is 46.8 Å². The summed E-state index contributed by atoms with van der Waals surface area (Å²) in [7, 11) is 0. The van der Waals surface area contributed by atoms with Gasteiger partial charge in [-0.1, -0.05) is 0 Å². The molecule has 0 unspecified atom stereocenters. The van der Waals surface area contributed by atoms with Crippen LogP contribution < -0.4 is 11.1 Å². The van der Waals surface area contributed by atoms with Gasteiger partial charge < -0.3 is 15.6 Å². The van der Waals surface area contributed by atoms with Crippen molar-refractivity contribution in [3.63, 3.8) is 0 Å². The molecular weight excluding hydrogens is 242 g/mol. The van der Waals surface area contributed by atoms with Gasteiger partial charge >= 0.3 is 0 Å². The van der Waals surface area contributed by atoms with E-state index in [-0.39, 0.29) is 6.04 Å². The Morgan fingerprint density at radius 2 is 2.16 bits per heavy atom. The SMILES string of the molecule is CCn1cnnc1CNc1c(N)c(C)nn1C(C)C. The lowest BCUT2D eigenvalue weighted by atomic mass is 10.3. The second kappa shape index (κ2) is 5.29. The molecular formula is C12H21N7. The van der Waals surface area contributed by atoms with Crippen molar-refractivity contribution in [2.75, 3.05) is 11.1 Å². The summed E-state index contributed by atoms with van der Waals surface area (Å²) < 4.78 is 3.89. The van der Waals surface area contributed by atoms with E-state index in [2.05, 4.69) is 41.4 Å². The van der Waals surface area contributed by atoms with E-state index >= 15 is 0 Å². The van der Waals surface area contributed by atoms with E-state index in [4.69, 9.17) is 5.73 Å². The zero-order valence-corrected chi connectivity index (χ0v) is 11.9. The highest BCUT2D eigenvalue weighted by molar-refractivity contribution is 5.64. The zero-order valence-electron chi connectivity index (χ0n) is 11.9. The van der Waals surface area contributed by atoms with E-state index in [1.807, 2.05) is 16.2 Å². The van der Waals surface area contributed by atoms with Crippen molar-refractivity contribution in [3.05, 3.63) is 17.8 Å². The molecule has 0 aromatic carbocycles. The van der Waals surface area contributed by atoms with Crippen molar-refractivity contribution in [2.24, 2.45) is 0 Å². The Balaban J connectivity index is 2.20. The van der Waals surface area contributed by atoms with Gasteiger partial charge in [0.05, 0.1) is 17.9 Å². The molecule has 2 aromatic heterocycles. The molecule has 0 saturated heterocycles. The molecule has 0 saturated carbocycles. The lowest BCUT2D eigenvalue weighted by Crippen LogP contribution is -2.13. The summed E-state index contributed by atoms with van der Waals surface area (Å²) in [6, 6.07) is 0.252. The number of nitrogen functional groups attached to an aromatic ring is 1. The summed E-state index contributed by atoms with van der Waals surface area (Å²) >= 11 is 0. The molecule has 2 heterocycles. The van der Waals surface area contributed by atoms with Crippen LogP contribution in [0.3, 0.4) is 0 Å². The fourth-order valence-corrected chi connectivity index (χ4v) is 1.95. The fourth-order valence-electron chi connectivity index (χ4n) is 1.95. The molecule has 2 aromatic rings. The molecule has 19 heavy (non-hydrogen) atoms. The minimum atomic E-state index is 0.252. The van der Waals surface area contributed by atoms with Gasteiger partial charge in [0.1, 0.15) is 12.1 Å². The first kappa shape index (κ1) is 13.4. The third-order valence-electron chi connectivity index (χ3n) is 3.07. The topological polar surface area (TPSA) is 86.6 Å². The molecule has 2 rings (SSSR count). The summed E-state index contributed by atoms with van der Waals surface area (Å²) in [5, 5.41) is 15.8. The standard InChI is InChI=1S/C12H21N7/c1-5-18-7-15-16-10(18)6-14-12-11(13)9(4)17-19(12)8(2)3/h7-8,14H,5-6,13H2,1-4H3. The molecule has 0 amide bonds. The molecule has 0 aliphatic heterocycles. The molecule has 0 atom stereocenters. The van der Waals surface area contributed by atoms with Gasteiger partial charge in [-0.15, -0.1) is 10.2 Å². The lowest BCUT2D eigenvalue weighted by molar-refractivity contribution is 0.533. The summed E-state index contributed by atoms with van der Waals surface area (Å²) in [6.45, 7) is 9.55. The first-order chi connectivity index (χ1) is 9.04. The van der Waals surface area contributed by atoms with Crippen molar-refractivity contribution < 1.29 is 0 Å². The van der Waals surface area contributed by atoms with E-state index in [0.29, 0.717) is 12.2 Å². The second-order valence-electron chi connectivity index (χ2n) is 4.77. The fraction of sp³-hybridized carbons (Fsp3) is 0.583. The molecule has 0 bridgehead atoms. The highest BCUT2D eigenvalue weighted by Crippen LogP contribution is 2.25. The van der Waals surface area contributed by atoms with Crippen LogP contribution in [0.2, 0.25) is 0 Å². The number of hydrogen-bond acceptors (Lipinski definition) is 5. The lowest BCUT2D eigenvalue weighted by Gasteiger charge is -2.13. The Kier molecular flexibility index (Phi) is 3.73. The Morgan fingerprint density at radius 3 is 2.79 bits per heavy atom. The number of aryl methyl sites for hydroxylation is 2. The van der Waals surface area contributed by atoms with Gasteiger partial charge in [0.15, 0.2) is 5.82 Å². The summed E-state index contributed by atoms with van der Waals surface area (Å²) in [5.74, 6) is 1.73. The van der Waals surface area contributed by atoms with Crippen LogP contribution in [0.4, 0.5) is 11.5 Å².